The summed E-state index contributed by atoms with van der Waals surface area (Å²) in [7, 11) is 1.61. The summed E-state index contributed by atoms with van der Waals surface area (Å²) >= 11 is 0. The molecule has 154 valence electrons. The second kappa shape index (κ2) is 10.1. The first-order chi connectivity index (χ1) is 14.0. The summed E-state index contributed by atoms with van der Waals surface area (Å²) in [5.41, 5.74) is 2.25. The molecule has 1 fully saturated rings. The summed E-state index contributed by atoms with van der Waals surface area (Å²) in [5, 5.41) is 2.84. The summed E-state index contributed by atoms with van der Waals surface area (Å²) in [6.07, 6.45) is 3.33. The molecule has 0 bridgehead atoms. The summed E-state index contributed by atoms with van der Waals surface area (Å²) < 4.78 is 5.13. The number of methoxy groups -OCH3 is 1. The zero-order valence-corrected chi connectivity index (χ0v) is 17.3. The molecule has 29 heavy (non-hydrogen) atoms. The highest BCUT2D eigenvalue weighted by Crippen LogP contribution is 2.22. The average Bonchev–Trinajstić information content (AvgIpc) is 2.75. The van der Waals surface area contributed by atoms with Crippen molar-refractivity contribution >= 4 is 11.8 Å². The van der Waals surface area contributed by atoms with Crippen LogP contribution in [0.15, 0.2) is 54.6 Å². The van der Waals surface area contributed by atoms with Crippen LogP contribution in [0.2, 0.25) is 0 Å². The first kappa shape index (κ1) is 20.9. The molecule has 1 atom stereocenters. The molecule has 2 aromatic carbocycles. The van der Waals surface area contributed by atoms with E-state index in [1.807, 2.05) is 35.2 Å². The molecular formula is C24H30N2O3. The first-order valence-corrected chi connectivity index (χ1v) is 10.3. The van der Waals surface area contributed by atoms with Gasteiger partial charge >= 0.3 is 0 Å². The number of hydrogen-bond donors (Lipinski definition) is 1. The minimum atomic E-state index is -0.508. The van der Waals surface area contributed by atoms with Crippen LogP contribution in [0.1, 0.15) is 30.9 Å². The van der Waals surface area contributed by atoms with Gasteiger partial charge in [0.1, 0.15) is 11.8 Å². The van der Waals surface area contributed by atoms with Gasteiger partial charge in [-0.1, -0.05) is 42.5 Å². The Morgan fingerprint density at radius 1 is 1.03 bits per heavy atom. The van der Waals surface area contributed by atoms with E-state index in [1.54, 1.807) is 14.0 Å². The lowest BCUT2D eigenvalue weighted by molar-refractivity contribution is -0.137. The van der Waals surface area contributed by atoms with Gasteiger partial charge in [-0.25, -0.2) is 0 Å². The van der Waals surface area contributed by atoms with Crippen molar-refractivity contribution in [1.29, 1.82) is 0 Å². The van der Waals surface area contributed by atoms with Gasteiger partial charge in [-0.2, -0.15) is 0 Å². The predicted octanol–water partition coefficient (Wildman–Crippen LogP) is 3.22. The van der Waals surface area contributed by atoms with Gasteiger partial charge in [-0.05, 0) is 55.4 Å². The molecule has 0 saturated carbocycles. The number of nitrogens with zero attached hydrogens (tertiary/aromatic N) is 1. The molecular weight excluding hydrogens is 364 g/mol. The number of carbonyl (C=O) groups excluding carboxylic acids is 2. The van der Waals surface area contributed by atoms with Crippen molar-refractivity contribution in [2.45, 2.75) is 38.6 Å². The molecule has 1 heterocycles. The number of nitrogens with one attached hydrogen (secondary N) is 1. The summed E-state index contributed by atoms with van der Waals surface area (Å²) in [5.74, 6) is 1.23. The molecule has 5 heteroatoms. The van der Waals surface area contributed by atoms with E-state index in [-0.39, 0.29) is 18.2 Å². The Morgan fingerprint density at radius 2 is 1.69 bits per heavy atom. The highest BCUT2D eigenvalue weighted by atomic mass is 16.5. The van der Waals surface area contributed by atoms with Crippen LogP contribution in [0.5, 0.6) is 5.75 Å². The third-order valence-corrected chi connectivity index (χ3v) is 5.57. The van der Waals surface area contributed by atoms with E-state index in [0.717, 1.165) is 43.7 Å². The Bertz CT molecular complexity index is 797. The maximum absolute atomic E-state index is 12.7. The SMILES string of the molecule is COc1ccc(CC(=O)N[C@@H](C)C(=O)N2CCC(Cc3ccccc3)CC2)cc1. The Hall–Kier alpha value is -2.82. The van der Waals surface area contributed by atoms with E-state index in [2.05, 4.69) is 29.6 Å². The van der Waals surface area contributed by atoms with Crippen LogP contribution in [-0.4, -0.2) is 43.0 Å². The van der Waals surface area contributed by atoms with Gasteiger partial charge in [0.25, 0.3) is 0 Å². The van der Waals surface area contributed by atoms with Gasteiger partial charge in [0, 0.05) is 13.1 Å². The Balaban J connectivity index is 1.43. The molecule has 5 nitrogen and oxygen atoms in total. The quantitative estimate of drug-likeness (QED) is 0.784. The smallest absolute Gasteiger partial charge is 0.244 e. The fraction of sp³-hybridized carbons (Fsp3) is 0.417. The Morgan fingerprint density at radius 3 is 2.31 bits per heavy atom. The molecule has 0 radical (unpaired) electrons. The lowest BCUT2D eigenvalue weighted by Gasteiger charge is -2.33. The van der Waals surface area contributed by atoms with Gasteiger partial charge < -0.3 is 15.0 Å². The number of piperidine rings is 1. The number of hydrogen-bond acceptors (Lipinski definition) is 3. The molecule has 1 N–H and O–H groups in total. The van der Waals surface area contributed by atoms with Crippen LogP contribution in [-0.2, 0) is 22.4 Å². The van der Waals surface area contributed by atoms with Gasteiger partial charge in [0.15, 0.2) is 0 Å². The highest BCUT2D eigenvalue weighted by molar-refractivity contribution is 5.88. The average molecular weight is 395 g/mol. The minimum Gasteiger partial charge on any atom is -0.497 e. The van der Waals surface area contributed by atoms with E-state index in [4.69, 9.17) is 4.74 Å². The predicted molar refractivity (Wildman–Crippen MR) is 114 cm³/mol. The Labute approximate surface area is 173 Å². The number of ether oxygens (including phenoxy) is 1. The molecule has 0 aliphatic carbocycles. The molecule has 1 aliphatic heterocycles. The monoisotopic (exact) mass is 394 g/mol. The van der Waals surface area contributed by atoms with Crippen molar-refractivity contribution in [1.82, 2.24) is 10.2 Å². The van der Waals surface area contributed by atoms with Crippen LogP contribution in [0.4, 0.5) is 0 Å². The minimum absolute atomic E-state index is 0.00578. The van der Waals surface area contributed by atoms with Crippen molar-refractivity contribution in [3.8, 4) is 5.75 Å². The van der Waals surface area contributed by atoms with Crippen LogP contribution in [0.25, 0.3) is 0 Å². The molecule has 2 amide bonds. The van der Waals surface area contributed by atoms with E-state index >= 15 is 0 Å². The van der Waals surface area contributed by atoms with Gasteiger partial charge in [-0.15, -0.1) is 0 Å². The summed E-state index contributed by atoms with van der Waals surface area (Å²) in [4.78, 5) is 26.9. The molecule has 1 saturated heterocycles. The van der Waals surface area contributed by atoms with Crippen LogP contribution in [0, 0.1) is 5.92 Å². The van der Waals surface area contributed by atoms with Crippen molar-refractivity contribution in [2.24, 2.45) is 5.92 Å². The lowest BCUT2D eigenvalue weighted by atomic mass is 9.90. The topological polar surface area (TPSA) is 58.6 Å². The third-order valence-electron chi connectivity index (χ3n) is 5.57. The van der Waals surface area contributed by atoms with Crippen molar-refractivity contribution in [3.05, 3.63) is 65.7 Å². The third kappa shape index (κ3) is 6.08. The first-order valence-electron chi connectivity index (χ1n) is 10.3. The summed E-state index contributed by atoms with van der Waals surface area (Å²) in [6.45, 7) is 3.29. The largest absolute Gasteiger partial charge is 0.497 e. The van der Waals surface area contributed by atoms with E-state index in [9.17, 15) is 9.59 Å². The van der Waals surface area contributed by atoms with Crippen molar-refractivity contribution < 1.29 is 14.3 Å². The van der Waals surface area contributed by atoms with Crippen LogP contribution >= 0.6 is 0 Å². The van der Waals surface area contributed by atoms with E-state index in [0.29, 0.717) is 5.92 Å². The normalized spacial score (nSPS) is 15.6. The Kier molecular flexibility index (Phi) is 7.28. The van der Waals surface area contributed by atoms with Crippen LogP contribution in [0.3, 0.4) is 0 Å². The molecule has 1 aliphatic rings. The second-order valence-corrected chi connectivity index (χ2v) is 7.77. The zero-order valence-electron chi connectivity index (χ0n) is 17.3. The molecule has 0 unspecified atom stereocenters. The fourth-order valence-corrected chi connectivity index (χ4v) is 3.86. The second-order valence-electron chi connectivity index (χ2n) is 7.77. The van der Waals surface area contributed by atoms with Crippen molar-refractivity contribution in [2.75, 3.05) is 20.2 Å². The number of amides is 2. The van der Waals surface area contributed by atoms with Crippen LogP contribution < -0.4 is 10.1 Å². The molecule has 3 rings (SSSR count). The summed E-state index contributed by atoms with van der Waals surface area (Å²) in [6, 6.07) is 17.4. The number of benzene rings is 2. The standard InChI is InChI=1S/C24H30N2O3/c1-18(25-23(27)17-20-8-10-22(29-2)11-9-20)24(28)26-14-12-21(13-15-26)16-19-6-4-3-5-7-19/h3-11,18,21H,12-17H2,1-2H3,(H,25,27)/t18-/m0/s1. The number of carbonyl (C=O) groups is 2. The number of likely N-dealkylation sites (tertiary alicyclic amines) is 1. The van der Waals surface area contributed by atoms with Gasteiger partial charge in [0.2, 0.25) is 11.8 Å². The fourth-order valence-electron chi connectivity index (χ4n) is 3.86. The lowest BCUT2D eigenvalue weighted by Crippen LogP contribution is -2.49. The molecule has 0 spiro atoms. The highest BCUT2D eigenvalue weighted by Gasteiger charge is 2.26. The van der Waals surface area contributed by atoms with Crippen molar-refractivity contribution in [3.63, 3.8) is 0 Å². The zero-order chi connectivity index (χ0) is 20.6. The number of rotatable bonds is 7. The van der Waals surface area contributed by atoms with E-state index < -0.39 is 6.04 Å². The maximum atomic E-state index is 12.7. The maximum Gasteiger partial charge on any atom is 0.244 e. The molecule has 2 aromatic rings. The van der Waals surface area contributed by atoms with E-state index in [1.165, 1.54) is 5.56 Å². The van der Waals surface area contributed by atoms with Gasteiger partial charge in [0.05, 0.1) is 13.5 Å². The molecule has 0 aromatic heterocycles. The van der Waals surface area contributed by atoms with Gasteiger partial charge in [-0.3, -0.25) is 9.59 Å².